The molecule has 1 atom stereocenters. The van der Waals surface area contributed by atoms with Gasteiger partial charge >= 0.3 is 0 Å². The predicted molar refractivity (Wildman–Crippen MR) is 82.0 cm³/mol. The first-order valence-corrected chi connectivity index (χ1v) is 8.20. The van der Waals surface area contributed by atoms with E-state index < -0.39 is 0 Å². The summed E-state index contributed by atoms with van der Waals surface area (Å²) in [6.07, 6.45) is 5.54. The van der Waals surface area contributed by atoms with Gasteiger partial charge in [-0.15, -0.1) is 0 Å². The largest absolute Gasteiger partial charge is 0.497 e. The molecule has 0 radical (unpaired) electrons. The van der Waals surface area contributed by atoms with E-state index in [1.165, 1.54) is 31.2 Å². The molecule has 1 aliphatic rings. The molecule has 1 aromatic rings. The molecule has 1 aromatic carbocycles. The highest BCUT2D eigenvalue weighted by Crippen LogP contribution is 2.31. The normalized spacial score (nSPS) is 25.0. The molecular formula is C16H23BrO2. The maximum Gasteiger partial charge on any atom is 0.118 e. The van der Waals surface area contributed by atoms with Crippen LogP contribution in [0.2, 0.25) is 0 Å². The topological polar surface area (TPSA) is 18.5 Å². The standard InChI is InChI=1S/C16H23BrO2/c1-12-3-7-15(8-4-12)19-16(11-17)13-5-9-14(18-2)10-6-13/h5-6,9-10,12,15-16H,3-4,7-8,11H2,1-2H3. The van der Waals surface area contributed by atoms with Gasteiger partial charge in [-0.3, -0.25) is 0 Å². The van der Waals surface area contributed by atoms with Crippen molar-refractivity contribution < 1.29 is 9.47 Å². The van der Waals surface area contributed by atoms with Crippen molar-refractivity contribution in [2.24, 2.45) is 5.92 Å². The van der Waals surface area contributed by atoms with Crippen molar-refractivity contribution in [1.82, 2.24) is 0 Å². The third-order valence-electron chi connectivity index (χ3n) is 3.95. The zero-order chi connectivity index (χ0) is 13.7. The van der Waals surface area contributed by atoms with E-state index in [1.807, 2.05) is 12.1 Å². The van der Waals surface area contributed by atoms with Gasteiger partial charge < -0.3 is 9.47 Å². The van der Waals surface area contributed by atoms with Crippen LogP contribution in [-0.2, 0) is 4.74 Å². The van der Waals surface area contributed by atoms with Gasteiger partial charge in [0, 0.05) is 5.33 Å². The first-order chi connectivity index (χ1) is 9.22. The predicted octanol–water partition coefficient (Wildman–Crippen LogP) is 4.73. The number of rotatable bonds is 5. The van der Waals surface area contributed by atoms with Crippen LogP contribution in [0, 0.1) is 5.92 Å². The van der Waals surface area contributed by atoms with Crippen LogP contribution >= 0.6 is 15.9 Å². The summed E-state index contributed by atoms with van der Waals surface area (Å²) < 4.78 is 11.5. The second-order valence-corrected chi connectivity index (χ2v) is 6.08. The van der Waals surface area contributed by atoms with E-state index in [1.54, 1.807) is 7.11 Å². The van der Waals surface area contributed by atoms with E-state index in [0.717, 1.165) is 17.0 Å². The summed E-state index contributed by atoms with van der Waals surface area (Å²) in [5.41, 5.74) is 1.22. The minimum Gasteiger partial charge on any atom is -0.497 e. The Kier molecular flexibility index (Phi) is 5.71. The number of benzene rings is 1. The first-order valence-electron chi connectivity index (χ1n) is 7.08. The van der Waals surface area contributed by atoms with Crippen molar-refractivity contribution in [2.45, 2.75) is 44.8 Å². The Hall–Kier alpha value is -0.540. The van der Waals surface area contributed by atoms with Gasteiger partial charge in [0.25, 0.3) is 0 Å². The highest BCUT2D eigenvalue weighted by Gasteiger charge is 2.22. The molecule has 106 valence electrons. The summed E-state index contributed by atoms with van der Waals surface area (Å²) in [7, 11) is 1.69. The molecule has 0 saturated heterocycles. The number of alkyl halides is 1. The molecule has 0 amide bonds. The maximum atomic E-state index is 6.26. The minimum atomic E-state index is 0.143. The summed E-state index contributed by atoms with van der Waals surface area (Å²) >= 11 is 3.57. The van der Waals surface area contributed by atoms with Crippen molar-refractivity contribution >= 4 is 15.9 Å². The van der Waals surface area contributed by atoms with Crippen LogP contribution in [-0.4, -0.2) is 18.5 Å². The van der Waals surface area contributed by atoms with Gasteiger partial charge in [0.15, 0.2) is 0 Å². The Labute approximate surface area is 124 Å². The zero-order valence-corrected chi connectivity index (χ0v) is 13.4. The molecule has 19 heavy (non-hydrogen) atoms. The first kappa shape index (κ1) is 14.9. The van der Waals surface area contributed by atoms with Gasteiger partial charge in [0.1, 0.15) is 5.75 Å². The molecule has 1 fully saturated rings. The lowest BCUT2D eigenvalue weighted by molar-refractivity contribution is -0.0256. The van der Waals surface area contributed by atoms with Crippen LogP contribution in [0.3, 0.4) is 0 Å². The molecule has 2 rings (SSSR count). The molecule has 0 spiro atoms. The van der Waals surface area contributed by atoms with Crippen LogP contribution < -0.4 is 4.74 Å². The number of hydrogen-bond acceptors (Lipinski definition) is 2. The summed E-state index contributed by atoms with van der Waals surface area (Å²) in [6.45, 7) is 2.33. The quantitative estimate of drug-likeness (QED) is 0.728. The highest BCUT2D eigenvalue weighted by molar-refractivity contribution is 9.09. The fourth-order valence-corrected chi connectivity index (χ4v) is 3.15. The Morgan fingerprint density at radius 3 is 2.32 bits per heavy atom. The molecule has 0 N–H and O–H groups in total. The van der Waals surface area contributed by atoms with Crippen LogP contribution in [0.4, 0.5) is 0 Å². The third kappa shape index (κ3) is 4.22. The molecule has 1 unspecified atom stereocenters. The third-order valence-corrected chi connectivity index (χ3v) is 4.54. The molecule has 2 nitrogen and oxygen atoms in total. The molecule has 0 aliphatic heterocycles. The SMILES string of the molecule is COc1ccc(C(CBr)OC2CCC(C)CC2)cc1. The molecule has 1 saturated carbocycles. The van der Waals surface area contributed by atoms with E-state index in [2.05, 4.69) is 35.0 Å². The fourth-order valence-electron chi connectivity index (χ4n) is 2.62. The van der Waals surface area contributed by atoms with Gasteiger partial charge in [0.05, 0.1) is 19.3 Å². The Morgan fingerprint density at radius 1 is 1.16 bits per heavy atom. The summed E-state index contributed by atoms with van der Waals surface area (Å²) in [5.74, 6) is 1.76. The lowest BCUT2D eigenvalue weighted by atomic mass is 9.89. The van der Waals surface area contributed by atoms with E-state index in [4.69, 9.17) is 9.47 Å². The second kappa shape index (κ2) is 7.30. The summed E-state index contributed by atoms with van der Waals surface area (Å²) in [4.78, 5) is 0. The lowest BCUT2D eigenvalue weighted by Gasteiger charge is -2.29. The van der Waals surface area contributed by atoms with E-state index >= 15 is 0 Å². The summed E-state index contributed by atoms with van der Waals surface area (Å²) in [5, 5.41) is 0.839. The molecule has 0 heterocycles. The Bertz CT molecular complexity index is 369. The smallest absolute Gasteiger partial charge is 0.118 e. The number of methoxy groups -OCH3 is 1. The highest BCUT2D eigenvalue weighted by atomic mass is 79.9. The fraction of sp³-hybridized carbons (Fsp3) is 0.625. The van der Waals surface area contributed by atoms with Gasteiger partial charge in [0.2, 0.25) is 0 Å². The molecule has 3 heteroatoms. The molecule has 1 aliphatic carbocycles. The number of ether oxygens (including phenoxy) is 2. The monoisotopic (exact) mass is 326 g/mol. The van der Waals surface area contributed by atoms with Crippen LogP contribution in [0.5, 0.6) is 5.75 Å². The summed E-state index contributed by atoms with van der Waals surface area (Å²) in [6, 6.07) is 8.18. The van der Waals surface area contributed by atoms with Crippen molar-refractivity contribution in [3.63, 3.8) is 0 Å². The van der Waals surface area contributed by atoms with Gasteiger partial charge in [-0.2, -0.15) is 0 Å². The Balaban J connectivity index is 1.95. The average Bonchev–Trinajstić information content (AvgIpc) is 2.47. The zero-order valence-electron chi connectivity index (χ0n) is 11.8. The molecule has 0 aromatic heterocycles. The van der Waals surface area contributed by atoms with Crippen molar-refractivity contribution in [1.29, 1.82) is 0 Å². The number of halogens is 1. The average molecular weight is 327 g/mol. The van der Waals surface area contributed by atoms with Crippen LogP contribution in [0.1, 0.15) is 44.3 Å². The number of hydrogen-bond donors (Lipinski definition) is 0. The minimum absolute atomic E-state index is 0.143. The van der Waals surface area contributed by atoms with E-state index in [9.17, 15) is 0 Å². The van der Waals surface area contributed by atoms with Gasteiger partial charge in [-0.25, -0.2) is 0 Å². The molecule has 0 bridgehead atoms. The van der Waals surface area contributed by atoms with Crippen LogP contribution in [0.25, 0.3) is 0 Å². The van der Waals surface area contributed by atoms with Crippen molar-refractivity contribution in [2.75, 3.05) is 12.4 Å². The maximum absolute atomic E-state index is 6.26. The van der Waals surface area contributed by atoms with E-state index in [-0.39, 0.29) is 6.10 Å². The molecular weight excluding hydrogens is 304 g/mol. The Morgan fingerprint density at radius 2 is 1.79 bits per heavy atom. The van der Waals surface area contributed by atoms with Gasteiger partial charge in [-0.05, 0) is 49.3 Å². The van der Waals surface area contributed by atoms with Crippen LogP contribution in [0.15, 0.2) is 24.3 Å². The lowest BCUT2D eigenvalue weighted by Crippen LogP contribution is -2.23. The van der Waals surface area contributed by atoms with Crippen molar-refractivity contribution in [3.8, 4) is 5.75 Å². The van der Waals surface area contributed by atoms with Crippen molar-refractivity contribution in [3.05, 3.63) is 29.8 Å². The van der Waals surface area contributed by atoms with Gasteiger partial charge in [-0.1, -0.05) is 35.0 Å². The second-order valence-electron chi connectivity index (χ2n) is 5.43. The van der Waals surface area contributed by atoms with E-state index in [0.29, 0.717) is 6.10 Å².